The molecule has 2 rings (SSSR count). The largest absolute Gasteiger partial charge is 0.463 e. The molecule has 0 saturated heterocycles. The molecule has 0 aromatic heterocycles. The number of carbonyl (C=O) groups excluding carboxylic acids is 2. The van der Waals surface area contributed by atoms with E-state index in [0.29, 0.717) is 18.8 Å². The van der Waals surface area contributed by atoms with Gasteiger partial charge in [0.15, 0.2) is 0 Å². The van der Waals surface area contributed by atoms with Crippen molar-refractivity contribution in [1.29, 1.82) is 0 Å². The monoisotopic (exact) mass is 422 g/mol. The minimum Gasteiger partial charge on any atom is -0.463 e. The minimum absolute atomic E-state index is 0.187. The van der Waals surface area contributed by atoms with Crippen LogP contribution in [0.1, 0.15) is 24.0 Å². The van der Waals surface area contributed by atoms with Gasteiger partial charge in [0.1, 0.15) is 0 Å². The highest BCUT2D eigenvalue weighted by Crippen LogP contribution is 2.21. The number of hydrogen-bond acceptors (Lipinski definition) is 5. The second kappa shape index (κ2) is 13.2. The van der Waals surface area contributed by atoms with Crippen LogP contribution in [0.15, 0.2) is 73.3 Å². The summed E-state index contributed by atoms with van der Waals surface area (Å²) in [5.74, 6) is -0.786. The highest BCUT2D eigenvalue weighted by molar-refractivity contribution is 5.87. The Balaban J connectivity index is 1.75. The Hall–Kier alpha value is -3.18. The van der Waals surface area contributed by atoms with Crippen LogP contribution in [0.5, 0.6) is 0 Å². The number of ether oxygens (including phenoxy) is 3. The third-order valence-electron chi connectivity index (χ3n) is 4.71. The van der Waals surface area contributed by atoms with Crippen molar-refractivity contribution in [2.45, 2.75) is 25.7 Å². The molecular formula is C26H30O5. The van der Waals surface area contributed by atoms with Crippen LogP contribution in [0.25, 0.3) is 11.1 Å². The molecule has 0 bridgehead atoms. The van der Waals surface area contributed by atoms with Crippen molar-refractivity contribution in [2.75, 3.05) is 26.9 Å². The van der Waals surface area contributed by atoms with Gasteiger partial charge < -0.3 is 14.2 Å². The van der Waals surface area contributed by atoms with Crippen molar-refractivity contribution in [3.63, 3.8) is 0 Å². The fraction of sp³-hybridized carbons (Fsp3) is 0.308. The van der Waals surface area contributed by atoms with Crippen molar-refractivity contribution in [3.05, 3.63) is 84.5 Å². The van der Waals surface area contributed by atoms with Gasteiger partial charge in [-0.3, -0.25) is 0 Å². The van der Waals surface area contributed by atoms with Crippen LogP contribution in [0.3, 0.4) is 0 Å². The summed E-state index contributed by atoms with van der Waals surface area (Å²) in [7, 11) is 1.52. The van der Waals surface area contributed by atoms with E-state index in [0.717, 1.165) is 36.8 Å². The Labute approximate surface area is 184 Å². The Kier molecular flexibility index (Phi) is 10.3. The van der Waals surface area contributed by atoms with Crippen LogP contribution in [0.2, 0.25) is 0 Å². The summed E-state index contributed by atoms with van der Waals surface area (Å²) < 4.78 is 15.0. The minimum atomic E-state index is -0.404. The Morgan fingerprint density at radius 3 is 1.77 bits per heavy atom. The average Bonchev–Trinajstić information content (AvgIpc) is 2.80. The number of methoxy groups -OCH3 is 1. The van der Waals surface area contributed by atoms with Gasteiger partial charge in [0.05, 0.1) is 25.4 Å². The first-order valence-electron chi connectivity index (χ1n) is 10.3. The second-order valence-corrected chi connectivity index (χ2v) is 7.15. The third kappa shape index (κ3) is 8.60. The van der Waals surface area contributed by atoms with Crippen LogP contribution in [-0.2, 0) is 36.6 Å². The zero-order valence-electron chi connectivity index (χ0n) is 18.1. The molecule has 0 heterocycles. The van der Waals surface area contributed by atoms with Crippen LogP contribution in [-0.4, -0.2) is 38.9 Å². The van der Waals surface area contributed by atoms with E-state index in [4.69, 9.17) is 14.2 Å². The van der Waals surface area contributed by atoms with E-state index in [1.165, 1.54) is 24.3 Å². The van der Waals surface area contributed by atoms with Gasteiger partial charge in [-0.1, -0.05) is 61.7 Å². The number of carbonyl (C=O) groups is 2. The maximum Gasteiger partial charge on any atom is 0.335 e. The molecule has 5 nitrogen and oxygen atoms in total. The summed E-state index contributed by atoms with van der Waals surface area (Å²) in [5, 5.41) is 0. The number of benzene rings is 2. The molecule has 31 heavy (non-hydrogen) atoms. The van der Waals surface area contributed by atoms with Crippen LogP contribution in [0, 0.1) is 0 Å². The molecule has 0 N–H and O–H groups in total. The standard InChI is InChI=1S/C26H30O5/c1-4-25(27)30-17-5-7-21-9-13-23(14-10-21)24-15-11-22(12-16-24)8-6-18-31-26(28)20(2)19-29-3/h4,9-16H,1-2,5-8,17-19H2,3H3. The molecule has 2 aromatic carbocycles. The second-order valence-electron chi connectivity index (χ2n) is 7.15. The van der Waals surface area contributed by atoms with Crippen molar-refractivity contribution in [2.24, 2.45) is 0 Å². The van der Waals surface area contributed by atoms with Gasteiger partial charge in [-0.05, 0) is 47.9 Å². The average molecular weight is 423 g/mol. The lowest BCUT2D eigenvalue weighted by molar-refractivity contribution is -0.140. The smallest absolute Gasteiger partial charge is 0.335 e. The molecule has 0 fully saturated rings. The van der Waals surface area contributed by atoms with Gasteiger partial charge in [-0.2, -0.15) is 0 Å². The molecular weight excluding hydrogens is 392 g/mol. The highest BCUT2D eigenvalue weighted by Gasteiger charge is 2.07. The summed E-state index contributed by atoms with van der Waals surface area (Å²) in [5.41, 5.74) is 5.03. The first-order chi connectivity index (χ1) is 15.0. The van der Waals surface area contributed by atoms with Gasteiger partial charge in [-0.15, -0.1) is 0 Å². The van der Waals surface area contributed by atoms with Crippen LogP contribution in [0.4, 0.5) is 0 Å². The molecule has 0 spiro atoms. The highest BCUT2D eigenvalue weighted by atomic mass is 16.5. The molecule has 0 radical (unpaired) electrons. The SMILES string of the molecule is C=CC(=O)OCCCc1ccc(-c2ccc(CCCOC(=O)C(=C)COC)cc2)cc1. The third-order valence-corrected chi connectivity index (χ3v) is 4.71. The molecule has 5 heteroatoms. The summed E-state index contributed by atoms with van der Waals surface area (Å²) in [6.45, 7) is 7.95. The lowest BCUT2D eigenvalue weighted by Crippen LogP contribution is -2.12. The molecule has 2 aromatic rings. The molecule has 0 aliphatic heterocycles. The molecule has 0 aliphatic rings. The molecule has 0 aliphatic carbocycles. The van der Waals surface area contributed by atoms with E-state index in [-0.39, 0.29) is 12.6 Å². The van der Waals surface area contributed by atoms with Gasteiger partial charge in [-0.25, -0.2) is 9.59 Å². The first-order valence-corrected chi connectivity index (χ1v) is 10.3. The first kappa shape index (κ1) is 24.1. The Morgan fingerprint density at radius 1 is 0.839 bits per heavy atom. The molecule has 164 valence electrons. The predicted molar refractivity (Wildman–Crippen MR) is 122 cm³/mol. The maximum absolute atomic E-state index is 11.7. The molecule has 0 atom stereocenters. The number of hydrogen-bond donors (Lipinski definition) is 0. The summed E-state index contributed by atoms with van der Waals surface area (Å²) in [6.07, 6.45) is 4.40. The van der Waals surface area contributed by atoms with E-state index in [1.807, 2.05) is 0 Å². The van der Waals surface area contributed by atoms with Gasteiger partial charge in [0.25, 0.3) is 0 Å². The lowest BCUT2D eigenvalue weighted by Gasteiger charge is -2.08. The maximum atomic E-state index is 11.7. The normalized spacial score (nSPS) is 10.4. The quantitative estimate of drug-likeness (QED) is 0.266. The van der Waals surface area contributed by atoms with Crippen LogP contribution < -0.4 is 0 Å². The van der Waals surface area contributed by atoms with Crippen molar-refractivity contribution in [3.8, 4) is 11.1 Å². The van der Waals surface area contributed by atoms with Crippen molar-refractivity contribution >= 4 is 11.9 Å². The zero-order chi connectivity index (χ0) is 22.5. The zero-order valence-corrected chi connectivity index (χ0v) is 18.1. The number of aryl methyl sites for hydroxylation is 2. The fourth-order valence-electron chi connectivity index (χ4n) is 3.01. The lowest BCUT2D eigenvalue weighted by atomic mass is 10.00. The summed E-state index contributed by atoms with van der Waals surface area (Å²) in [4.78, 5) is 22.7. The molecule has 0 unspecified atom stereocenters. The molecule has 0 saturated carbocycles. The molecule has 0 amide bonds. The number of esters is 2. The number of rotatable bonds is 13. The van der Waals surface area contributed by atoms with Crippen molar-refractivity contribution in [1.82, 2.24) is 0 Å². The van der Waals surface area contributed by atoms with Gasteiger partial charge in [0.2, 0.25) is 0 Å². The van der Waals surface area contributed by atoms with E-state index in [1.54, 1.807) is 0 Å². The van der Waals surface area contributed by atoms with Gasteiger partial charge >= 0.3 is 11.9 Å². The summed E-state index contributed by atoms with van der Waals surface area (Å²) in [6, 6.07) is 16.8. The fourth-order valence-corrected chi connectivity index (χ4v) is 3.01. The Morgan fingerprint density at radius 2 is 1.32 bits per heavy atom. The van der Waals surface area contributed by atoms with Crippen molar-refractivity contribution < 1.29 is 23.8 Å². The topological polar surface area (TPSA) is 61.8 Å². The van der Waals surface area contributed by atoms with Crippen LogP contribution >= 0.6 is 0 Å². The van der Waals surface area contributed by atoms with Gasteiger partial charge in [0, 0.05) is 13.2 Å². The van der Waals surface area contributed by atoms with E-state index in [2.05, 4.69) is 61.7 Å². The van der Waals surface area contributed by atoms with E-state index >= 15 is 0 Å². The van der Waals surface area contributed by atoms with E-state index in [9.17, 15) is 9.59 Å². The summed E-state index contributed by atoms with van der Waals surface area (Å²) >= 11 is 0. The van der Waals surface area contributed by atoms with E-state index < -0.39 is 5.97 Å². The predicted octanol–water partition coefficient (Wildman–Crippen LogP) is 4.69. The Bertz CT molecular complexity index is 866.